The van der Waals surface area contributed by atoms with Crippen molar-refractivity contribution in [2.24, 2.45) is 0 Å². The summed E-state index contributed by atoms with van der Waals surface area (Å²) in [5.74, 6) is 1.90. The van der Waals surface area contributed by atoms with Crippen LogP contribution in [-0.4, -0.2) is 13.2 Å². The van der Waals surface area contributed by atoms with E-state index in [1.54, 1.807) is 0 Å². The smallest absolute Gasteiger partial charge is 0.125 e. The van der Waals surface area contributed by atoms with E-state index in [0.717, 1.165) is 63.1 Å². The van der Waals surface area contributed by atoms with E-state index in [-0.39, 0.29) is 0 Å². The van der Waals surface area contributed by atoms with Crippen molar-refractivity contribution in [2.45, 2.75) is 47.0 Å². The van der Waals surface area contributed by atoms with Gasteiger partial charge in [-0.1, -0.05) is 23.2 Å². The number of rotatable bonds is 8. The van der Waals surface area contributed by atoms with Crippen LogP contribution in [-0.2, 0) is 0 Å². The van der Waals surface area contributed by atoms with Crippen LogP contribution in [0.5, 0.6) is 11.5 Å². The Hall–Kier alpha value is -1.38. The second kappa shape index (κ2) is 9.35. The average Bonchev–Trinajstić information content (AvgIpc) is 2.50. The van der Waals surface area contributed by atoms with Gasteiger partial charge in [0.25, 0.3) is 0 Å². The molecule has 25 heavy (non-hydrogen) atoms. The van der Waals surface area contributed by atoms with E-state index in [0.29, 0.717) is 13.2 Å². The Morgan fingerprint density at radius 1 is 0.600 bits per heavy atom. The molecule has 0 atom stereocenters. The van der Waals surface area contributed by atoms with Crippen molar-refractivity contribution in [3.05, 3.63) is 56.6 Å². The zero-order chi connectivity index (χ0) is 18.4. The molecule has 2 aromatic carbocycles. The standard InChI is InChI=1S/C21H26Cl2O2/c1-14-10-18(22)11-15(2)20(14)24-8-6-5-7-9-25-21-16(3)12-19(23)13-17(21)4/h10-13H,5-9H2,1-4H3. The number of halogens is 2. The van der Waals surface area contributed by atoms with Crippen LogP contribution >= 0.6 is 23.2 Å². The molecule has 2 rings (SSSR count). The summed E-state index contributed by atoms with van der Waals surface area (Å²) >= 11 is 12.1. The highest BCUT2D eigenvalue weighted by atomic mass is 35.5. The van der Waals surface area contributed by atoms with Gasteiger partial charge in [-0.2, -0.15) is 0 Å². The molecule has 0 fully saturated rings. The van der Waals surface area contributed by atoms with Crippen molar-refractivity contribution in [1.29, 1.82) is 0 Å². The molecule has 0 amide bonds. The van der Waals surface area contributed by atoms with Gasteiger partial charge in [-0.15, -0.1) is 0 Å². The van der Waals surface area contributed by atoms with Crippen molar-refractivity contribution < 1.29 is 9.47 Å². The Morgan fingerprint density at radius 3 is 1.24 bits per heavy atom. The quantitative estimate of drug-likeness (QED) is 0.465. The number of unbranched alkanes of at least 4 members (excludes halogenated alkanes) is 2. The second-order valence-electron chi connectivity index (χ2n) is 6.50. The van der Waals surface area contributed by atoms with Gasteiger partial charge in [0.1, 0.15) is 11.5 Å². The third-order valence-electron chi connectivity index (χ3n) is 4.13. The van der Waals surface area contributed by atoms with E-state index in [4.69, 9.17) is 32.7 Å². The maximum Gasteiger partial charge on any atom is 0.125 e. The first-order valence-corrected chi connectivity index (χ1v) is 9.43. The van der Waals surface area contributed by atoms with Gasteiger partial charge in [0.2, 0.25) is 0 Å². The minimum absolute atomic E-state index is 0.711. The van der Waals surface area contributed by atoms with Crippen LogP contribution < -0.4 is 9.47 Å². The predicted molar refractivity (Wildman–Crippen MR) is 107 cm³/mol. The van der Waals surface area contributed by atoms with Crippen LogP contribution in [0.25, 0.3) is 0 Å². The summed E-state index contributed by atoms with van der Waals surface area (Å²) in [4.78, 5) is 0. The Morgan fingerprint density at radius 2 is 0.920 bits per heavy atom. The fourth-order valence-corrected chi connectivity index (χ4v) is 3.63. The number of hydrogen-bond donors (Lipinski definition) is 0. The van der Waals surface area contributed by atoms with E-state index in [1.807, 2.05) is 52.0 Å². The largest absolute Gasteiger partial charge is 0.493 e. The SMILES string of the molecule is Cc1cc(Cl)cc(C)c1OCCCCCOc1c(C)cc(Cl)cc1C. The molecular weight excluding hydrogens is 355 g/mol. The number of benzene rings is 2. The molecule has 2 nitrogen and oxygen atoms in total. The van der Waals surface area contributed by atoms with Crippen LogP contribution in [0.4, 0.5) is 0 Å². The zero-order valence-corrected chi connectivity index (χ0v) is 16.9. The first-order chi connectivity index (χ1) is 11.9. The molecule has 0 aliphatic carbocycles. The molecule has 4 heteroatoms. The number of ether oxygens (including phenoxy) is 2. The van der Waals surface area contributed by atoms with Crippen LogP contribution in [0.3, 0.4) is 0 Å². The molecule has 2 aromatic rings. The lowest BCUT2D eigenvalue weighted by Gasteiger charge is -2.14. The van der Waals surface area contributed by atoms with Crippen LogP contribution in [0.2, 0.25) is 10.0 Å². The van der Waals surface area contributed by atoms with Crippen LogP contribution in [0, 0.1) is 27.7 Å². The molecule has 0 radical (unpaired) electrons. The van der Waals surface area contributed by atoms with Crippen LogP contribution in [0.1, 0.15) is 41.5 Å². The molecule has 0 bridgehead atoms. The first-order valence-electron chi connectivity index (χ1n) is 8.67. The Kier molecular flexibility index (Phi) is 7.46. The van der Waals surface area contributed by atoms with Gasteiger partial charge in [-0.05, 0) is 93.5 Å². The third-order valence-corrected chi connectivity index (χ3v) is 4.57. The maximum atomic E-state index is 6.05. The van der Waals surface area contributed by atoms with E-state index < -0.39 is 0 Å². The lowest BCUT2D eigenvalue weighted by Crippen LogP contribution is -2.04. The molecule has 0 aromatic heterocycles. The summed E-state index contributed by atoms with van der Waals surface area (Å²) in [5.41, 5.74) is 4.34. The van der Waals surface area contributed by atoms with E-state index in [2.05, 4.69) is 0 Å². The highest BCUT2D eigenvalue weighted by molar-refractivity contribution is 6.31. The summed E-state index contributed by atoms with van der Waals surface area (Å²) in [6, 6.07) is 7.76. The fourth-order valence-electron chi connectivity index (χ4n) is 2.98. The fraction of sp³-hybridized carbons (Fsp3) is 0.429. The second-order valence-corrected chi connectivity index (χ2v) is 7.37. The summed E-state index contributed by atoms with van der Waals surface area (Å²) < 4.78 is 11.8. The van der Waals surface area contributed by atoms with Gasteiger partial charge in [0, 0.05) is 10.0 Å². The van der Waals surface area contributed by atoms with Gasteiger partial charge in [-0.3, -0.25) is 0 Å². The Bertz CT molecular complexity index is 618. The highest BCUT2D eigenvalue weighted by Crippen LogP contribution is 2.28. The lowest BCUT2D eigenvalue weighted by atomic mass is 10.1. The lowest BCUT2D eigenvalue weighted by molar-refractivity contribution is 0.276. The Balaban J connectivity index is 1.69. The van der Waals surface area contributed by atoms with E-state index in [9.17, 15) is 0 Å². The topological polar surface area (TPSA) is 18.5 Å². The summed E-state index contributed by atoms with van der Waals surface area (Å²) in [6.45, 7) is 9.53. The van der Waals surface area contributed by atoms with Crippen LogP contribution in [0.15, 0.2) is 24.3 Å². The van der Waals surface area contributed by atoms with Gasteiger partial charge in [0.05, 0.1) is 13.2 Å². The molecule has 0 saturated carbocycles. The molecule has 0 spiro atoms. The Labute approximate surface area is 161 Å². The molecule has 136 valence electrons. The monoisotopic (exact) mass is 380 g/mol. The van der Waals surface area contributed by atoms with Gasteiger partial charge < -0.3 is 9.47 Å². The summed E-state index contributed by atoms with van der Waals surface area (Å²) in [6.07, 6.45) is 3.07. The minimum atomic E-state index is 0.711. The minimum Gasteiger partial charge on any atom is -0.493 e. The molecule has 0 aliphatic rings. The first kappa shape index (κ1) is 19.9. The normalized spacial score (nSPS) is 10.8. The van der Waals surface area contributed by atoms with E-state index in [1.165, 1.54) is 0 Å². The molecule has 0 aliphatic heterocycles. The van der Waals surface area contributed by atoms with Gasteiger partial charge in [0.15, 0.2) is 0 Å². The van der Waals surface area contributed by atoms with E-state index >= 15 is 0 Å². The van der Waals surface area contributed by atoms with Crippen molar-refractivity contribution in [2.75, 3.05) is 13.2 Å². The zero-order valence-electron chi connectivity index (χ0n) is 15.4. The molecule has 0 unspecified atom stereocenters. The average molecular weight is 381 g/mol. The molecule has 0 saturated heterocycles. The molecule has 0 N–H and O–H groups in total. The number of hydrogen-bond acceptors (Lipinski definition) is 2. The van der Waals surface area contributed by atoms with Gasteiger partial charge >= 0.3 is 0 Å². The van der Waals surface area contributed by atoms with Crippen molar-refractivity contribution in [1.82, 2.24) is 0 Å². The van der Waals surface area contributed by atoms with Crippen molar-refractivity contribution >= 4 is 23.2 Å². The molecule has 0 heterocycles. The summed E-state index contributed by atoms with van der Waals surface area (Å²) in [5, 5.41) is 1.51. The molecular formula is C21H26Cl2O2. The van der Waals surface area contributed by atoms with Gasteiger partial charge in [-0.25, -0.2) is 0 Å². The highest BCUT2D eigenvalue weighted by Gasteiger charge is 2.07. The predicted octanol–water partition coefficient (Wildman–Crippen LogP) is 6.86. The van der Waals surface area contributed by atoms with Crippen molar-refractivity contribution in [3.8, 4) is 11.5 Å². The summed E-state index contributed by atoms with van der Waals surface area (Å²) in [7, 11) is 0. The third kappa shape index (κ3) is 5.83. The maximum absolute atomic E-state index is 6.05. The van der Waals surface area contributed by atoms with Crippen molar-refractivity contribution in [3.63, 3.8) is 0 Å². The number of aryl methyl sites for hydroxylation is 4.